The molecule has 2 aromatic rings. The highest BCUT2D eigenvalue weighted by molar-refractivity contribution is 9.10. The van der Waals surface area contributed by atoms with Crippen LogP contribution in [0.15, 0.2) is 40.9 Å². The molecule has 100 valence electrons. The second kappa shape index (κ2) is 5.95. The molecule has 2 aromatic carbocycles. The van der Waals surface area contributed by atoms with Gasteiger partial charge in [0.2, 0.25) is 0 Å². The van der Waals surface area contributed by atoms with Gasteiger partial charge in [-0.2, -0.15) is 5.26 Å². The van der Waals surface area contributed by atoms with E-state index in [1.165, 1.54) is 18.2 Å². The Kier molecular flexibility index (Phi) is 4.28. The van der Waals surface area contributed by atoms with Gasteiger partial charge in [-0.3, -0.25) is 0 Å². The van der Waals surface area contributed by atoms with E-state index in [2.05, 4.69) is 15.9 Å². The second-order valence-corrected chi connectivity index (χ2v) is 5.10. The van der Waals surface area contributed by atoms with Crippen LogP contribution in [0.1, 0.15) is 15.9 Å². The number of aromatic carboxylic acids is 1. The lowest BCUT2D eigenvalue weighted by atomic mass is 10.2. The average Bonchev–Trinajstić information content (AvgIpc) is 2.40. The zero-order valence-electron chi connectivity index (χ0n) is 9.93. The predicted octanol–water partition coefficient (Wildman–Crippen LogP) is 4.46. The van der Waals surface area contributed by atoms with E-state index >= 15 is 0 Å². The Bertz CT molecular complexity index is 725. The molecule has 0 aliphatic carbocycles. The summed E-state index contributed by atoms with van der Waals surface area (Å²) in [7, 11) is 0. The second-order valence-electron chi connectivity index (χ2n) is 3.80. The fourth-order valence-electron chi connectivity index (χ4n) is 1.53. The first-order valence-corrected chi connectivity index (χ1v) is 6.58. The van der Waals surface area contributed by atoms with E-state index in [0.717, 1.165) is 0 Å². The number of carboxylic acids is 1. The van der Waals surface area contributed by atoms with E-state index < -0.39 is 5.97 Å². The fourth-order valence-corrected chi connectivity index (χ4v) is 2.15. The summed E-state index contributed by atoms with van der Waals surface area (Å²) in [5.41, 5.74) is 0.472. The molecular formula is C14H7BrClNO3. The molecule has 0 aliphatic heterocycles. The Morgan fingerprint density at radius 3 is 2.60 bits per heavy atom. The van der Waals surface area contributed by atoms with Gasteiger partial charge in [-0.25, -0.2) is 4.79 Å². The highest BCUT2D eigenvalue weighted by atomic mass is 79.9. The largest absolute Gasteiger partial charge is 0.478 e. The number of carboxylic acid groups (broad SMARTS) is 1. The van der Waals surface area contributed by atoms with Gasteiger partial charge in [-0.1, -0.05) is 11.6 Å². The fraction of sp³-hybridized carbons (Fsp3) is 0. The molecule has 0 radical (unpaired) electrons. The topological polar surface area (TPSA) is 70.3 Å². The van der Waals surface area contributed by atoms with Gasteiger partial charge in [0.1, 0.15) is 17.1 Å². The minimum atomic E-state index is -1.11. The van der Waals surface area contributed by atoms with Gasteiger partial charge < -0.3 is 9.84 Å². The molecule has 0 atom stereocenters. The van der Waals surface area contributed by atoms with Crippen molar-refractivity contribution < 1.29 is 14.6 Å². The number of hydrogen-bond donors (Lipinski definition) is 1. The maximum absolute atomic E-state index is 11.1. The molecule has 1 N–H and O–H groups in total. The van der Waals surface area contributed by atoms with Gasteiger partial charge in [-0.05, 0) is 46.3 Å². The quantitative estimate of drug-likeness (QED) is 0.885. The van der Waals surface area contributed by atoms with E-state index in [0.29, 0.717) is 20.8 Å². The number of benzene rings is 2. The summed E-state index contributed by atoms with van der Waals surface area (Å²) in [5.74, 6) is -0.578. The number of nitriles is 1. The Labute approximate surface area is 128 Å². The van der Waals surface area contributed by atoms with Crippen LogP contribution in [0.25, 0.3) is 0 Å². The van der Waals surface area contributed by atoms with Crippen molar-refractivity contribution >= 4 is 33.5 Å². The van der Waals surface area contributed by atoms with Crippen LogP contribution >= 0.6 is 27.5 Å². The summed E-state index contributed by atoms with van der Waals surface area (Å²) >= 11 is 9.12. The Morgan fingerprint density at radius 1 is 1.25 bits per heavy atom. The Hall–Kier alpha value is -2.03. The number of halogens is 2. The van der Waals surface area contributed by atoms with E-state index in [1.807, 2.05) is 6.07 Å². The third kappa shape index (κ3) is 3.10. The van der Waals surface area contributed by atoms with Crippen molar-refractivity contribution in [3.05, 3.63) is 57.0 Å². The van der Waals surface area contributed by atoms with E-state index in [4.69, 9.17) is 26.7 Å². The van der Waals surface area contributed by atoms with Crippen molar-refractivity contribution in [3.8, 4) is 17.6 Å². The van der Waals surface area contributed by atoms with Gasteiger partial charge >= 0.3 is 5.97 Å². The molecule has 0 heterocycles. The number of ether oxygens (including phenoxy) is 1. The van der Waals surface area contributed by atoms with Crippen molar-refractivity contribution in [1.82, 2.24) is 0 Å². The lowest BCUT2D eigenvalue weighted by Gasteiger charge is -2.10. The number of nitrogens with zero attached hydrogens (tertiary/aromatic N) is 1. The van der Waals surface area contributed by atoms with Gasteiger partial charge in [0.05, 0.1) is 16.1 Å². The third-order valence-electron chi connectivity index (χ3n) is 2.45. The van der Waals surface area contributed by atoms with Gasteiger partial charge in [-0.15, -0.1) is 0 Å². The molecule has 0 aromatic heterocycles. The van der Waals surface area contributed by atoms with Crippen molar-refractivity contribution in [2.24, 2.45) is 0 Å². The Balaban J connectivity index is 2.42. The van der Waals surface area contributed by atoms with E-state index in [1.54, 1.807) is 18.2 Å². The molecule has 4 nitrogen and oxygen atoms in total. The van der Waals surface area contributed by atoms with Crippen molar-refractivity contribution in [2.45, 2.75) is 0 Å². The first-order valence-electron chi connectivity index (χ1n) is 5.41. The third-order valence-corrected chi connectivity index (χ3v) is 3.31. The van der Waals surface area contributed by atoms with Gasteiger partial charge in [0.15, 0.2) is 0 Å². The summed E-state index contributed by atoms with van der Waals surface area (Å²) in [6.07, 6.45) is 0. The number of hydrogen-bond acceptors (Lipinski definition) is 3. The highest BCUT2D eigenvalue weighted by Gasteiger charge is 2.14. The van der Waals surface area contributed by atoms with Crippen LogP contribution in [-0.2, 0) is 0 Å². The number of carbonyl (C=O) groups is 1. The smallest absolute Gasteiger partial charge is 0.339 e. The van der Waals surface area contributed by atoms with Crippen LogP contribution in [0.2, 0.25) is 5.02 Å². The zero-order valence-corrected chi connectivity index (χ0v) is 12.3. The molecule has 20 heavy (non-hydrogen) atoms. The standard InChI is InChI=1S/C14H7BrClNO3/c15-11-5-8(7-17)1-4-12(11)20-13-6-9(16)2-3-10(13)14(18)19/h1-6H,(H,18,19). The lowest BCUT2D eigenvalue weighted by molar-refractivity contribution is 0.0694. The SMILES string of the molecule is N#Cc1ccc(Oc2cc(Cl)ccc2C(=O)O)c(Br)c1. The normalized spacial score (nSPS) is 9.85. The minimum absolute atomic E-state index is 0.00524. The minimum Gasteiger partial charge on any atom is -0.478 e. The molecule has 6 heteroatoms. The van der Waals surface area contributed by atoms with Crippen LogP contribution in [0.5, 0.6) is 11.5 Å². The molecule has 0 aliphatic rings. The lowest BCUT2D eigenvalue weighted by Crippen LogP contribution is -2.00. The average molecular weight is 353 g/mol. The van der Waals surface area contributed by atoms with Crippen LogP contribution < -0.4 is 4.74 Å². The van der Waals surface area contributed by atoms with Crippen LogP contribution in [0.4, 0.5) is 0 Å². The molecule has 0 amide bonds. The first-order chi connectivity index (χ1) is 9.51. The van der Waals surface area contributed by atoms with Crippen molar-refractivity contribution in [2.75, 3.05) is 0 Å². The van der Waals surface area contributed by atoms with E-state index in [-0.39, 0.29) is 11.3 Å². The van der Waals surface area contributed by atoms with Crippen molar-refractivity contribution in [3.63, 3.8) is 0 Å². The highest BCUT2D eigenvalue weighted by Crippen LogP contribution is 2.33. The molecule has 0 unspecified atom stereocenters. The zero-order chi connectivity index (χ0) is 14.7. The summed E-state index contributed by atoms with van der Waals surface area (Å²) in [5, 5.41) is 18.3. The van der Waals surface area contributed by atoms with Crippen molar-refractivity contribution in [1.29, 1.82) is 5.26 Å². The molecule has 0 fully saturated rings. The molecular weight excluding hydrogens is 346 g/mol. The maximum Gasteiger partial charge on any atom is 0.339 e. The molecule has 0 spiro atoms. The molecule has 0 saturated heterocycles. The van der Waals surface area contributed by atoms with E-state index in [9.17, 15) is 4.79 Å². The number of rotatable bonds is 3. The summed E-state index contributed by atoms with van der Waals surface area (Å²) in [4.78, 5) is 11.1. The monoisotopic (exact) mass is 351 g/mol. The first kappa shape index (κ1) is 14.4. The maximum atomic E-state index is 11.1. The van der Waals surface area contributed by atoms with Crippen LogP contribution in [-0.4, -0.2) is 11.1 Å². The summed E-state index contributed by atoms with van der Waals surface area (Å²) in [6.45, 7) is 0. The molecule has 0 saturated carbocycles. The van der Waals surface area contributed by atoms with Crippen LogP contribution in [0.3, 0.4) is 0 Å². The van der Waals surface area contributed by atoms with Crippen LogP contribution in [0, 0.1) is 11.3 Å². The molecule has 2 rings (SSSR count). The summed E-state index contributed by atoms with van der Waals surface area (Å²) in [6, 6.07) is 11.0. The summed E-state index contributed by atoms with van der Waals surface area (Å²) < 4.78 is 6.11. The molecule has 0 bridgehead atoms. The predicted molar refractivity (Wildman–Crippen MR) is 77.3 cm³/mol. The van der Waals surface area contributed by atoms with Gasteiger partial charge in [0.25, 0.3) is 0 Å². The van der Waals surface area contributed by atoms with Gasteiger partial charge in [0, 0.05) is 11.1 Å². The Morgan fingerprint density at radius 2 is 2.00 bits per heavy atom.